The summed E-state index contributed by atoms with van der Waals surface area (Å²) in [5, 5.41) is 8.93. The first-order chi connectivity index (χ1) is 8.29. The van der Waals surface area contributed by atoms with Gasteiger partial charge in [-0.2, -0.15) is 0 Å². The number of carboxylic acids is 1. The van der Waals surface area contributed by atoms with Crippen LogP contribution in [-0.4, -0.2) is 71.7 Å². The highest BCUT2D eigenvalue weighted by Gasteiger charge is 2.34. The number of amides is 1. The van der Waals surface area contributed by atoms with E-state index in [1.165, 1.54) is 7.11 Å². The molecule has 1 aliphatic heterocycles. The third-order valence-corrected chi connectivity index (χ3v) is 3.53. The molecule has 0 aromatic carbocycles. The lowest BCUT2D eigenvalue weighted by molar-refractivity contribution is -0.154. The number of piperazine rings is 1. The summed E-state index contributed by atoms with van der Waals surface area (Å²) in [5.74, 6) is -0.875. The quantitative estimate of drug-likeness (QED) is 0.770. The lowest BCUT2D eigenvalue weighted by atomic mass is 10.1. The number of ether oxygens (including phenoxy) is 1. The third-order valence-electron chi connectivity index (χ3n) is 3.53. The summed E-state index contributed by atoms with van der Waals surface area (Å²) in [4.78, 5) is 26.6. The maximum atomic E-state index is 12.1. The Bertz CT molecular complexity index is 322. The van der Waals surface area contributed by atoms with Crippen LogP contribution in [-0.2, 0) is 14.3 Å². The molecule has 1 rings (SSSR count). The van der Waals surface area contributed by atoms with Crippen molar-refractivity contribution in [2.24, 2.45) is 0 Å². The molecule has 1 N–H and O–H groups in total. The van der Waals surface area contributed by atoms with Crippen LogP contribution < -0.4 is 0 Å². The van der Waals surface area contributed by atoms with Crippen molar-refractivity contribution in [1.29, 1.82) is 0 Å². The number of rotatable bonds is 4. The Hall–Kier alpha value is -1.14. The monoisotopic (exact) mass is 258 g/mol. The lowest BCUT2D eigenvalue weighted by Gasteiger charge is -2.39. The number of carbonyl (C=O) groups is 2. The molecule has 1 fully saturated rings. The molecular formula is C12H22N2O4. The van der Waals surface area contributed by atoms with Gasteiger partial charge >= 0.3 is 5.97 Å². The number of hydrogen-bond donors (Lipinski definition) is 1. The van der Waals surface area contributed by atoms with Crippen LogP contribution in [0, 0.1) is 0 Å². The fraction of sp³-hybridized carbons (Fsp3) is 0.833. The molecule has 1 amide bonds. The fourth-order valence-corrected chi connectivity index (χ4v) is 1.94. The normalized spacial score (nSPS) is 19.7. The molecule has 1 aliphatic rings. The van der Waals surface area contributed by atoms with Gasteiger partial charge in [0.15, 0.2) is 0 Å². The van der Waals surface area contributed by atoms with E-state index in [-0.39, 0.29) is 5.91 Å². The number of hydrogen-bond acceptors (Lipinski definition) is 4. The highest BCUT2D eigenvalue weighted by atomic mass is 16.5. The smallest absolute Gasteiger partial charge is 0.320 e. The van der Waals surface area contributed by atoms with Crippen molar-refractivity contribution in [2.45, 2.75) is 32.4 Å². The molecule has 0 aromatic heterocycles. The summed E-state index contributed by atoms with van der Waals surface area (Å²) in [6, 6.07) is -0.502. The zero-order valence-electron chi connectivity index (χ0n) is 11.5. The van der Waals surface area contributed by atoms with Gasteiger partial charge in [0.25, 0.3) is 5.91 Å². The minimum Gasteiger partial charge on any atom is -0.480 e. The van der Waals surface area contributed by atoms with Gasteiger partial charge in [0.05, 0.1) is 0 Å². The minimum absolute atomic E-state index is 0.0485. The maximum Gasteiger partial charge on any atom is 0.320 e. The van der Waals surface area contributed by atoms with Crippen molar-refractivity contribution in [3.05, 3.63) is 0 Å². The van der Waals surface area contributed by atoms with Crippen LogP contribution in [0.25, 0.3) is 0 Å². The number of aliphatic carboxylic acids is 1. The van der Waals surface area contributed by atoms with Crippen molar-refractivity contribution in [3.8, 4) is 0 Å². The zero-order valence-corrected chi connectivity index (χ0v) is 11.5. The Morgan fingerprint density at radius 2 is 1.72 bits per heavy atom. The fourth-order valence-electron chi connectivity index (χ4n) is 1.94. The zero-order chi connectivity index (χ0) is 13.9. The van der Waals surface area contributed by atoms with E-state index in [0.717, 1.165) is 0 Å². The van der Waals surface area contributed by atoms with Crippen molar-refractivity contribution in [1.82, 2.24) is 9.80 Å². The van der Waals surface area contributed by atoms with Crippen molar-refractivity contribution < 1.29 is 19.4 Å². The van der Waals surface area contributed by atoms with Gasteiger partial charge < -0.3 is 14.7 Å². The highest BCUT2D eigenvalue weighted by Crippen LogP contribution is 2.15. The van der Waals surface area contributed by atoms with Gasteiger partial charge in [-0.25, -0.2) is 0 Å². The molecule has 0 aliphatic carbocycles. The Balaban J connectivity index is 2.54. The topological polar surface area (TPSA) is 70.1 Å². The molecule has 104 valence electrons. The molecule has 0 aromatic rings. The Labute approximate surface area is 107 Å². The average molecular weight is 258 g/mol. The van der Waals surface area contributed by atoms with E-state index in [0.29, 0.717) is 26.2 Å². The van der Waals surface area contributed by atoms with Crippen LogP contribution in [0.4, 0.5) is 0 Å². The van der Waals surface area contributed by atoms with Crippen LogP contribution in [0.15, 0.2) is 0 Å². The SMILES string of the molecule is COC(C)(C)C(=O)N1CCN(C(C)C(=O)O)CC1. The Kier molecular flexibility index (Phi) is 4.70. The molecule has 0 bridgehead atoms. The van der Waals surface area contributed by atoms with Crippen LogP contribution in [0.3, 0.4) is 0 Å². The second-order valence-electron chi connectivity index (χ2n) is 5.06. The van der Waals surface area contributed by atoms with Gasteiger partial charge in [0, 0.05) is 33.3 Å². The Morgan fingerprint density at radius 3 is 2.11 bits per heavy atom. The third kappa shape index (κ3) is 3.20. The maximum absolute atomic E-state index is 12.1. The number of methoxy groups -OCH3 is 1. The molecule has 1 saturated heterocycles. The van der Waals surface area contributed by atoms with E-state index < -0.39 is 17.6 Å². The lowest BCUT2D eigenvalue weighted by Crippen LogP contribution is -2.56. The van der Waals surface area contributed by atoms with E-state index >= 15 is 0 Å². The van der Waals surface area contributed by atoms with Gasteiger partial charge in [0.1, 0.15) is 11.6 Å². The van der Waals surface area contributed by atoms with Gasteiger partial charge in [0.2, 0.25) is 0 Å². The molecule has 6 nitrogen and oxygen atoms in total. The van der Waals surface area contributed by atoms with Crippen molar-refractivity contribution in [2.75, 3.05) is 33.3 Å². The minimum atomic E-state index is -0.827. The van der Waals surface area contributed by atoms with Crippen LogP contribution in [0.2, 0.25) is 0 Å². The molecule has 18 heavy (non-hydrogen) atoms. The van der Waals surface area contributed by atoms with E-state index in [1.54, 1.807) is 25.7 Å². The van der Waals surface area contributed by atoms with Crippen molar-refractivity contribution in [3.63, 3.8) is 0 Å². The summed E-state index contributed by atoms with van der Waals surface area (Å²) >= 11 is 0. The molecule has 6 heteroatoms. The average Bonchev–Trinajstić information content (AvgIpc) is 2.37. The largest absolute Gasteiger partial charge is 0.480 e. The van der Waals surface area contributed by atoms with E-state index in [9.17, 15) is 9.59 Å². The number of nitrogens with zero attached hydrogens (tertiary/aromatic N) is 2. The predicted octanol–water partition coefficient (Wildman–Crippen LogP) is 0.0287. The number of carboxylic acid groups (broad SMARTS) is 1. The van der Waals surface area contributed by atoms with Crippen LogP contribution in [0.1, 0.15) is 20.8 Å². The molecule has 0 saturated carbocycles. The molecule has 0 spiro atoms. The van der Waals surface area contributed by atoms with Gasteiger partial charge in [-0.3, -0.25) is 14.5 Å². The van der Waals surface area contributed by atoms with E-state index in [4.69, 9.17) is 9.84 Å². The van der Waals surface area contributed by atoms with Gasteiger partial charge in [-0.1, -0.05) is 0 Å². The van der Waals surface area contributed by atoms with Crippen LogP contribution >= 0.6 is 0 Å². The summed E-state index contributed by atoms with van der Waals surface area (Å²) in [6.45, 7) is 7.40. The first kappa shape index (κ1) is 14.9. The van der Waals surface area contributed by atoms with Gasteiger partial charge in [-0.15, -0.1) is 0 Å². The summed E-state index contributed by atoms with van der Waals surface area (Å²) in [5.41, 5.74) is -0.819. The second kappa shape index (κ2) is 5.67. The summed E-state index contributed by atoms with van der Waals surface area (Å²) in [7, 11) is 1.51. The first-order valence-corrected chi connectivity index (χ1v) is 6.11. The van der Waals surface area contributed by atoms with Crippen molar-refractivity contribution >= 4 is 11.9 Å². The standard InChI is InChI=1S/C12H22N2O4/c1-9(10(15)16)13-5-7-14(8-6-13)11(17)12(2,3)18-4/h9H,5-8H2,1-4H3,(H,15,16). The molecular weight excluding hydrogens is 236 g/mol. The highest BCUT2D eigenvalue weighted by molar-refractivity contribution is 5.84. The molecule has 1 unspecified atom stereocenters. The molecule has 1 heterocycles. The van der Waals surface area contributed by atoms with E-state index in [2.05, 4.69) is 0 Å². The predicted molar refractivity (Wildman–Crippen MR) is 66.3 cm³/mol. The van der Waals surface area contributed by atoms with Gasteiger partial charge in [-0.05, 0) is 20.8 Å². The Morgan fingerprint density at radius 1 is 1.22 bits per heavy atom. The second-order valence-corrected chi connectivity index (χ2v) is 5.06. The first-order valence-electron chi connectivity index (χ1n) is 6.11. The number of carbonyl (C=O) groups excluding carboxylic acids is 1. The summed E-state index contributed by atoms with van der Waals surface area (Å²) < 4.78 is 5.17. The van der Waals surface area contributed by atoms with E-state index in [1.807, 2.05) is 4.90 Å². The molecule has 1 atom stereocenters. The van der Waals surface area contributed by atoms with Crippen LogP contribution in [0.5, 0.6) is 0 Å². The molecule has 0 radical (unpaired) electrons. The summed E-state index contributed by atoms with van der Waals surface area (Å²) in [6.07, 6.45) is 0.